The number of nitrogens with one attached hydrogen (secondary N) is 1. The van der Waals surface area contributed by atoms with Crippen LogP contribution in [0.2, 0.25) is 0 Å². The second kappa shape index (κ2) is 5.53. The van der Waals surface area contributed by atoms with E-state index in [4.69, 9.17) is 0 Å². The minimum Gasteiger partial charge on any atom is -0.364 e. The van der Waals surface area contributed by atoms with E-state index in [-0.39, 0.29) is 11.9 Å². The lowest BCUT2D eigenvalue weighted by molar-refractivity contribution is -0.141. The highest BCUT2D eigenvalue weighted by molar-refractivity contribution is 5.39. The Kier molecular flexibility index (Phi) is 3.97. The van der Waals surface area contributed by atoms with Crippen molar-refractivity contribution >= 4 is 5.82 Å². The molecule has 106 valence electrons. The van der Waals surface area contributed by atoms with Crippen molar-refractivity contribution in [2.75, 3.05) is 5.32 Å². The molecule has 1 heterocycles. The van der Waals surface area contributed by atoms with Crippen molar-refractivity contribution in [2.24, 2.45) is 0 Å². The molecule has 0 aliphatic carbocycles. The number of rotatable bonds is 3. The number of nitrogens with zero attached hydrogens (tertiary/aromatic N) is 1. The molecule has 0 spiro atoms. The predicted molar refractivity (Wildman–Crippen MR) is 72.5 cm³/mol. The average molecular weight is 280 g/mol. The fourth-order valence-corrected chi connectivity index (χ4v) is 1.83. The Morgan fingerprint density at radius 3 is 2.30 bits per heavy atom. The Morgan fingerprint density at radius 1 is 1.05 bits per heavy atom. The standard InChI is InChI=1S/C15H15F3N2/c1-10-6-8-12(9-7-10)11(2)19-14-5-3-4-13(20-14)15(16,17)18/h3-9,11H,1-2H3,(H,19,20). The third-order valence-corrected chi connectivity index (χ3v) is 2.98. The van der Waals surface area contributed by atoms with Crippen molar-refractivity contribution < 1.29 is 13.2 Å². The summed E-state index contributed by atoms with van der Waals surface area (Å²) < 4.78 is 37.7. The van der Waals surface area contributed by atoms with Gasteiger partial charge in [-0.25, -0.2) is 4.98 Å². The van der Waals surface area contributed by atoms with Gasteiger partial charge >= 0.3 is 6.18 Å². The SMILES string of the molecule is Cc1ccc(C(C)Nc2cccc(C(F)(F)F)n2)cc1. The van der Waals surface area contributed by atoms with Crippen LogP contribution in [-0.2, 0) is 6.18 Å². The molecule has 1 unspecified atom stereocenters. The maximum Gasteiger partial charge on any atom is 0.433 e. The zero-order valence-electron chi connectivity index (χ0n) is 11.2. The third kappa shape index (κ3) is 3.50. The first-order valence-electron chi connectivity index (χ1n) is 6.23. The van der Waals surface area contributed by atoms with Gasteiger partial charge in [0.2, 0.25) is 0 Å². The summed E-state index contributed by atoms with van der Waals surface area (Å²) in [6.45, 7) is 3.86. The zero-order chi connectivity index (χ0) is 14.8. The molecule has 1 aromatic heterocycles. The first-order chi connectivity index (χ1) is 9.36. The minimum atomic E-state index is -4.43. The smallest absolute Gasteiger partial charge is 0.364 e. The van der Waals surface area contributed by atoms with E-state index in [1.54, 1.807) is 0 Å². The largest absolute Gasteiger partial charge is 0.433 e. The molecule has 0 aliphatic heterocycles. The highest BCUT2D eigenvalue weighted by Crippen LogP contribution is 2.28. The summed E-state index contributed by atoms with van der Waals surface area (Å²) in [6.07, 6.45) is -4.43. The maximum absolute atomic E-state index is 12.6. The van der Waals surface area contributed by atoms with Crippen LogP contribution in [0.15, 0.2) is 42.5 Å². The molecule has 2 rings (SSSR count). The van der Waals surface area contributed by atoms with E-state index in [9.17, 15) is 13.2 Å². The van der Waals surface area contributed by atoms with Crippen LogP contribution in [0.25, 0.3) is 0 Å². The number of anilines is 1. The quantitative estimate of drug-likeness (QED) is 0.890. The molecular weight excluding hydrogens is 265 g/mol. The zero-order valence-corrected chi connectivity index (χ0v) is 11.2. The van der Waals surface area contributed by atoms with Crippen molar-refractivity contribution in [1.29, 1.82) is 0 Å². The monoisotopic (exact) mass is 280 g/mol. The number of aryl methyl sites for hydroxylation is 1. The lowest BCUT2D eigenvalue weighted by Gasteiger charge is -2.16. The number of hydrogen-bond donors (Lipinski definition) is 1. The van der Waals surface area contributed by atoms with Crippen LogP contribution >= 0.6 is 0 Å². The second-order valence-corrected chi connectivity index (χ2v) is 4.68. The Balaban J connectivity index is 2.15. The van der Waals surface area contributed by atoms with Crippen LogP contribution in [0.1, 0.15) is 29.8 Å². The first-order valence-corrected chi connectivity index (χ1v) is 6.23. The van der Waals surface area contributed by atoms with Crippen molar-refractivity contribution in [3.05, 3.63) is 59.3 Å². The van der Waals surface area contributed by atoms with Gasteiger partial charge in [0.05, 0.1) is 0 Å². The summed E-state index contributed by atoms with van der Waals surface area (Å²) in [7, 11) is 0. The van der Waals surface area contributed by atoms with Crippen LogP contribution in [0.3, 0.4) is 0 Å². The van der Waals surface area contributed by atoms with E-state index in [2.05, 4.69) is 10.3 Å². The summed E-state index contributed by atoms with van der Waals surface area (Å²) in [6, 6.07) is 11.5. The summed E-state index contributed by atoms with van der Waals surface area (Å²) in [5, 5.41) is 2.98. The molecule has 5 heteroatoms. The summed E-state index contributed by atoms with van der Waals surface area (Å²) in [5.41, 5.74) is 1.24. The van der Waals surface area contributed by atoms with Gasteiger partial charge in [-0.2, -0.15) is 13.2 Å². The molecule has 0 amide bonds. The van der Waals surface area contributed by atoms with Gasteiger partial charge in [0.25, 0.3) is 0 Å². The van der Waals surface area contributed by atoms with Crippen molar-refractivity contribution in [2.45, 2.75) is 26.1 Å². The van der Waals surface area contributed by atoms with Gasteiger partial charge in [-0.05, 0) is 31.5 Å². The molecule has 20 heavy (non-hydrogen) atoms. The minimum absolute atomic E-state index is 0.119. The number of aromatic nitrogens is 1. The van der Waals surface area contributed by atoms with Crippen molar-refractivity contribution in [1.82, 2.24) is 4.98 Å². The van der Waals surface area contributed by atoms with E-state index in [1.165, 1.54) is 12.1 Å². The Labute approximate surface area is 115 Å². The number of hydrogen-bond acceptors (Lipinski definition) is 2. The average Bonchev–Trinajstić information content (AvgIpc) is 2.38. The topological polar surface area (TPSA) is 24.9 Å². The second-order valence-electron chi connectivity index (χ2n) is 4.68. The Bertz CT molecular complexity index is 576. The normalized spacial score (nSPS) is 13.1. The molecule has 0 aliphatic rings. The number of halogens is 3. The Morgan fingerprint density at radius 2 is 1.70 bits per heavy atom. The van der Waals surface area contributed by atoms with E-state index >= 15 is 0 Å². The Hall–Kier alpha value is -2.04. The molecule has 0 saturated heterocycles. The number of alkyl halides is 3. The van der Waals surface area contributed by atoms with Crippen LogP contribution in [0.4, 0.5) is 19.0 Å². The summed E-state index contributed by atoms with van der Waals surface area (Å²) in [4.78, 5) is 3.59. The van der Waals surface area contributed by atoms with E-state index < -0.39 is 11.9 Å². The van der Waals surface area contributed by atoms with Gasteiger partial charge in [-0.15, -0.1) is 0 Å². The van der Waals surface area contributed by atoms with Crippen LogP contribution in [-0.4, -0.2) is 4.98 Å². The molecule has 2 aromatic rings. The molecule has 1 N–H and O–H groups in total. The fourth-order valence-electron chi connectivity index (χ4n) is 1.83. The number of benzene rings is 1. The van der Waals surface area contributed by atoms with Crippen LogP contribution in [0, 0.1) is 6.92 Å². The predicted octanol–water partition coefficient (Wildman–Crippen LogP) is 4.58. The third-order valence-electron chi connectivity index (χ3n) is 2.98. The highest BCUT2D eigenvalue weighted by atomic mass is 19.4. The molecule has 1 atom stereocenters. The van der Waals surface area contributed by atoms with E-state index in [0.717, 1.165) is 17.2 Å². The lowest BCUT2D eigenvalue weighted by atomic mass is 10.1. The van der Waals surface area contributed by atoms with E-state index in [1.807, 2.05) is 38.1 Å². The molecule has 0 radical (unpaired) electrons. The summed E-state index contributed by atoms with van der Waals surface area (Å²) in [5.74, 6) is 0.216. The van der Waals surface area contributed by atoms with Crippen molar-refractivity contribution in [3.63, 3.8) is 0 Å². The van der Waals surface area contributed by atoms with Gasteiger partial charge in [0, 0.05) is 6.04 Å². The highest BCUT2D eigenvalue weighted by Gasteiger charge is 2.32. The van der Waals surface area contributed by atoms with Gasteiger partial charge in [-0.1, -0.05) is 35.9 Å². The van der Waals surface area contributed by atoms with Gasteiger partial charge in [-0.3, -0.25) is 0 Å². The molecule has 2 nitrogen and oxygen atoms in total. The molecule has 1 aromatic carbocycles. The molecule has 0 fully saturated rings. The number of pyridine rings is 1. The summed E-state index contributed by atoms with van der Waals surface area (Å²) >= 11 is 0. The van der Waals surface area contributed by atoms with Crippen molar-refractivity contribution in [3.8, 4) is 0 Å². The van der Waals surface area contributed by atoms with Crippen LogP contribution < -0.4 is 5.32 Å². The van der Waals surface area contributed by atoms with Gasteiger partial charge in [0.15, 0.2) is 0 Å². The molecule has 0 bridgehead atoms. The maximum atomic E-state index is 12.6. The fraction of sp³-hybridized carbons (Fsp3) is 0.267. The van der Waals surface area contributed by atoms with Gasteiger partial charge < -0.3 is 5.32 Å². The lowest BCUT2D eigenvalue weighted by Crippen LogP contribution is -2.12. The molecule has 0 saturated carbocycles. The molecular formula is C15H15F3N2. The van der Waals surface area contributed by atoms with Crippen LogP contribution in [0.5, 0.6) is 0 Å². The first kappa shape index (κ1) is 14.4. The van der Waals surface area contributed by atoms with Gasteiger partial charge in [0.1, 0.15) is 11.5 Å². The van der Waals surface area contributed by atoms with E-state index in [0.29, 0.717) is 0 Å².